The first-order chi connectivity index (χ1) is 20.4. The molecule has 0 aliphatic carbocycles. The number of carbonyl (C=O) groups is 2. The summed E-state index contributed by atoms with van der Waals surface area (Å²) in [5.74, 6) is 0.0188. The molecule has 0 atom stereocenters. The first kappa shape index (κ1) is 32.6. The number of carbonyl (C=O) groups excluding carboxylic acids is 2. The summed E-state index contributed by atoms with van der Waals surface area (Å²) >= 11 is 12.2. The van der Waals surface area contributed by atoms with Crippen LogP contribution in [0, 0.1) is 0 Å². The second kappa shape index (κ2) is 14.9. The van der Waals surface area contributed by atoms with Crippen molar-refractivity contribution in [2.75, 3.05) is 20.1 Å². The van der Waals surface area contributed by atoms with Gasteiger partial charge in [-0.15, -0.1) is 12.4 Å². The number of hydrogen-bond acceptors (Lipinski definition) is 4. The summed E-state index contributed by atoms with van der Waals surface area (Å²) in [6.07, 6.45) is 6.45. The Bertz CT molecular complexity index is 1500. The Kier molecular flexibility index (Phi) is 11.3. The molecule has 226 valence electrons. The number of hydrogen-bond donors (Lipinski definition) is 1. The van der Waals surface area contributed by atoms with Crippen LogP contribution in [-0.2, 0) is 18.4 Å². The van der Waals surface area contributed by atoms with Gasteiger partial charge in [0.15, 0.2) is 5.76 Å². The standard InChI is InChI=1S/C34H35Cl2N3O3.ClH/c1-38(33(41)28-15-8-7-12-26(28)11-6-5-10-25-17-18-29(35)30(36)24-25)39-21-19-34(20-22-39,27-13-3-2-4-14-27)37-32(40)31-16-9-23-42-31;/h2-4,7-9,12-18,23-24H,5-6,10-11,19-22H2,1H3,(H,37,40);1H. The van der Waals surface area contributed by atoms with Crippen LogP contribution in [-0.4, -0.2) is 42.0 Å². The van der Waals surface area contributed by atoms with Crippen LogP contribution in [0.1, 0.15) is 63.3 Å². The van der Waals surface area contributed by atoms with Crippen molar-refractivity contribution >= 4 is 47.4 Å². The normalized spacial score (nSPS) is 14.5. The largest absolute Gasteiger partial charge is 0.459 e. The molecule has 1 N–H and O–H groups in total. The van der Waals surface area contributed by atoms with Gasteiger partial charge in [0, 0.05) is 25.7 Å². The molecule has 5 rings (SSSR count). The molecule has 0 bridgehead atoms. The number of benzene rings is 3. The number of halogens is 3. The molecular weight excluding hydrogens is 605 g/mol. The van der Waals surface area contributed by atoms with E-state index >= 15 is 0 Å². The lowest BCUT2D eigenvalue weighted by Crippen LogP contribution is -2.56. The third-order valence-electron chi connectivity index (χ3n) is 8.13. The van der Waals surface area contributed by atoms with Crippen molar-refractivity contribution < 1.29 is 14.0 Å². The Labute approximate surface area is 269 Å². The number of aryl methyl sites for hydroxylation is 2. The van der Waals surface area contributed by atoms with Crippen LogP contribution in [0.3, 0.4) is 0 Å². The Balaban J connectivity index is 0.00000423. The van der Waals surface area contributed by atoms with E-state index in [1.807, 2.05) is 79.8 Å². The van der Waals surface area contributed by atoms with Gasteiger partial charge in [-0.2, -0.15) is 0 Å². The highest BCUT2D eigenvalue weighted by atomic mass is 35.5. The summed E-state index contributed by atoms with van der Waals surface area (Å²) < 4.78 is 5.35. The molecular formula is C34H36Cl3N3O3. The minimum Gasteiger partial charge on any atom is -0.459 e. The Hall–Kier alpha value is -3.29. The summed E-state index contributed by atoms with van der Waals surface area (Å²) in [6, 6.07) is 27.0. The fraction of sp³-hybridized carbons (Fsp3) is 0.294. The third-order valence-corrected chi connectivity index (χ3v) is 8.87. The number of piperidine rings is 1. The molecule has 1 aliphatic heterocycles. The topological polar surface area (TPSA) is 65.8 Å². The van der Waals surface area contributed by atoms with E-state index in [0.717, 1.165) is 47.9 Å². The molecule has 9 heteroatoms. The molecule has 1 saturated heterocycles. The lowest BCUT2D eigenvalue weighted by Gasteiger charge is -2.45. The van der Waals surface area contributed by atoms with Crippen LogP contribution in [0.4, 0.5) is 0 Å². The van der Waals surface area contributed by atoms with E-state index in [1.165, 1.54) is 6.26 Å². The second-order valence-electron chi connectivity index (χ2n) is 10.8. The van der Waals surface area contributed by atoms with Gasteiger partial charge in [-0.1, -0.05) is 77.8 Å². The lowest BCUT2D eigenvalue weighted by molar-refractivity contribution is -0.0232. The number of hydrazine groups is 1. The molecule has 0 spiro atoms. The highest BCUT2D eigenvalue weighted by Crippen LogP contribution is 2.34. The zero-order valence-corrected chi connectivity index (χ0v) is 26.4. The van der Waals surface area contributed by atoms with Gasteiger partial charge in [0.25, 0.3) is 11.8 Å². The van der Waals surface area contributed by atoms with Crippen LogP contribution in [0.25, 0.3) is 0 Å². The van der Waals surface area contributed by atoms with E-state index < -0.39 is 5.54 Å². The van der Waals surface area contributed by atoms with Gasteiger partial charge in [0.05, 0.1) is 21.8 Å². The van der Waals surface area contributed by atoms with Crippen LogP contribution >= 0.6 is 35.6 Å². The fourth-order valence-corrected chi connectivity index (χ4v) is 6.02. The van der Waals surface area contributed by atoms with E-state index in [-0.39, 0.29) is 30.0 Å². The molecule has 6 nitrogen and oxygen atoms in total. The number of amides is 2. The van der Waals surface area contributed by atoms with Crippen molar-refractivity contribution in [3.8, 4) is 0 Å². The molecule has 43 heavy (non-hydrogen) atoms. The Morgan fingerprint density at radius 3 is 2.28 bits per heavy atom. The molecule has 0 radical (unpaired) electrons. The zero-order chi connectivity index (χ0) is 29.5. The van der Waals surface area contributed by atoms with Crippen molar-refractivity contribution in [3.63, 3.8) is 0 Å². The van der Waals surface area contributed by atoms with E-state index in [4.69, 9.17) is 27.6 Å². The summed E-state index contributed by atoms with van der Waals surface area (Å²) in [5, 5.41) is 8.20. The monoisotopic (exact) mass is 639 g/mol. The maximum absolute atomic E-state index is 13.7. The maximum Gasteiger partial charge on any atom is 0.287 e. The summed E-state index contributed by atoms with van der Waals surface area (Å²) in [7, 11) is 1.83. The highest BCUT2D eigenvalue weighted by molar-refractivity contribution is 6.42. The smallest absolute Gasteiger partial charge is 0.287 e. The van der Waals surface area contributed by atoms with Crippen LogP contribution in [0.2, 0.25) is 10.0 Å². The van der Waals surface area contributed by atoms with Gasteiger partial charge in [-0.3, -0.25) is 14.6 Å². The van der Waals surface area contributed by atoms with Crippen molar-refractivity contribution in [1.82, 2.24) is 15.3 Å². The molecule has 1 fully saturated rings. The minimum absolute atomic E-state index is 0. The quantitative estimate of drug-likeness (QED) is 0.179. The van der Waals surface area contributed by atoms with E-state index in [9.17, 15) is 9.59 Å². The van der Waals surface area contributed by atoms with E-state index in [1.54, 1.807) is 17.1 Å². The Morgan fingerprint density at radius 2 is 1.58 bits per heavy atom. The molecule has 3 aromatic carbocycles. The predicted molar refractivity (Wildman–Crippen MR) is 174 cm³/mol. The summed E-state index contributed by atoms with van der Waals surface area (Å²) in [4.78, 5) is 26.7. The second-order valence-corrected chi connectivity index (χ2v) is 11.6. The molecule has 0 saturated carbocycles. The SMILES string of the molecule is CN(C(=O)c1ccccc1CCCCc1ccc(Cl)c(Cl)c1)N1CCC(NC(=O)c2ccco2)(c2ccccc2)CC1.Cl. The third kappa shape index (κ3) is 7.81. The fourth-order valence-electron chi connectivity index (χ4n) is 5.70. The molecule has 2 heterocycles. The number of furan rings is 1. The number of unbranched alkanes of at least 4 members (excludes halogenated alkanes) is 1. The molecule has 1 aromatic heterocycles. The molecule has 2 amide bonds. The predicted octanol–water partition coefficient (Wildman–Crippen LogP) is 7.98. The van der Waals surface area contributed by atoms with Crippen molar-refractivity contribution in [2.45, 2.75) is 44.1 Å². The van der Waals surface area contributed by atoms with Gasteiger partial charge in [0.1, 0.15) is 0 Å². The maximum atomic E-state index is 13.7. The van der Waals surface area contributed by atoms with E-state index in [2.05, 4.69) is 10.3 Å². The average Bonchev–Trinajstić information content (AvgIpc) is 3.57. The average molecular weight is 641 g/mol. The van der Waals surface area contributed by atoms with Crippen molar-refractivity contribution in [2.24, 2.45) is 0 Å². The number of rotatable bonds is 10. The van der Waals surface area contributed by atoms with Crippen molar-refractivity contribution in [1.29, 1.82) is 0 Å². The zero-order valence-electron chi connectivity index (χ0n) is 24.1. The number of nitrogens with one attached hydrogen (secondary N) is 1. The van der Waals surface area contributed by atoms with Crippen molar-refractivity contribution in [3.05, 3.63) is 129 Å². The van der Waals surface area contributed by atoms with Gasteiger partial charge < -0.3 is 9.73 Å². The summed E-state index contributed by atoms with van der Waals surface area (Å²) in [6.45, 7) is 1.22. The molecule has 4 aromatic rings. The van der Waals surface area contributed by atoms with Crippen LogP contribution in [0.5, 0.6) is 0 Å². The van der Waals surface area contributed by atoms with Gasteiger partial charge in [0.2, 0.25) is 0 Å². The minimum atomic E-state index is -0.558. The van der Waals surface area contributed by atoms with Gasteiger partial charge in [-0.05, 0) is 85.5 Å². The van der Waals surface area contributed by atoms with Gasteiger partial charge in [-0.25, -0.2) is 5.01 Å². The van der Waals surface area contributed by atoms with E-state index in [0.29, 0.717) is 36.0 Å². The first-order valence-electron chi connectivity index (χ1n) is 14.3. The van der Waals surface area contributed by atoms with Crippen LogP contribution in [0.15, 0.2) is 95.6 Å². The lowest BCUT2D eigenvalue weighted by atomic mass is 9.81. The molecule has 1 aliphatic rings. The first-order valence-corrected chi connectivity index (χ1v) is 15.1. The summed E-state index contributed by atoms with van der Waals surface area (Å²) in [5.41, 5.74) is 3.42. The van der Waals surface area contributed by atoms with Gasteiger partial charge >= 0.3 is 0 Å². The molecule has 0 unspecified atom stereocenters. The highest BCUT2D eigenvalue weighted by Gasteiger charge is 2.39. The van der Waals surface area contributed by atoms with Crippen LogP contribution < -0.4 is 5.32 Å². The Morgan fingerprint density at radius 1 is 0.884 bits per heavy atom. The number of nitrogens with zero attached hydrogens (tertiary/aromatic N) is 2.